The lowest BCUT2D eigenvalue weighted by Gasteiger charge is -1.57. The van der Waals surface area contributed by atoms with E-state index in [0.717, 1.165) is 0 Å². The van der Waals surface area contributed by atoms with Crippen LogP contribution < -0.4 is 0 Å². The summed E-state index contributed by atoms with van der Waals surface area (Å²) in [6.07, 6.45) is 0. The smallest absolute Gasteiger partial charge is 0.342 e. The third-order valence-corrected chi connectivity index (χ3v) is 0.303. The fourth-order valence-corrected chi connectivity index (χ4v) is 0. The molecule has 0 aliphatic rings. The van der Waals surface area contributed by atoms with E-state index < -0.39 is 0 Å². The lowest BCUT2D eigenvalue weighted by Crippen LogP contribution is -1.73. The van der Waals surface area contributed by atoms with Crippen molar-refractivity contribution in [2.45, 2.75) is 0 Å². The Morgan fingerprint density at radius 1 is 2.00 bits per heavy atom. The minimum absolute atomic E-state index is 0.340. The molecule has 0 atom stereocenters. The Labute approximate surface area is 33.8 Å². The van der Waals surface area contributed by atoms with Gasteiger partial charge in [-0.3, -0.25) is 0 Å². The van der Waals surface area contributed by atoms with E-state index in [9.17, 15) is 4.32 Å². The molecule has 0 bridgehead atoms. The molecule has 0 rings (SSSR count). The van der Waals surface area contributed by atoms with Crippen LogP contribution in [-0.2, 0) is 0 Å². The first-order chi connectivity index (χ1) is 1.91. The Bertz CT molecular complexity index is 10.0. The highest BCUT2D eigenvalue weighted by molar-refractivity contribution is 9.09. The maximum absolute atomic E-state index is 10.6. The maximum Gasteiger partial charge on any atom is 0.365 e. The zero-order chi connectivity index (χ0) is 3.41. The SMILES string of the molecule is F[B]CBr. The van der Waals surface area contributed by atoms with Gasteiger partial charge in [0.05, 0.1) is 0 Å². The van der Waals surface area contributed by atoms with Gasteiger partial charge in [0.1, 0.15) is 0 Å². The van der Waals surface area contributed by atoms with E-state index in [1.165, 1.54) is 0 Å². The number of hydrogen-bond donors (Lipinski definition) is 0. The topological polar surface area (TPSA) is 0 Å². The van der Waals surface area contributed by atoms with Gasteiger partial charge in [0.2, 0.25) is 0 Å². The first-order valence-corrected chi connectivity index (χ1v) is 2.02. The fraction of sp³-hybridized carbons (Fsp3) is 1.00. The van der Waals surface area contributed by atoms with Crippen LogP contribution in [0.1, 0.15) is 0 Å². The van der Waals surface area contributed by atoms with Crippen LogP contribution >= 0.6 is 15.9 Å². The van der Waals surface area contributed by atoms with Gasteiger partial charge in [-0.05, 0) is 0 Å². The Kier molecular flexibility index (Phi) is 3.89. The van der Waals surface area contributed by atoms with Crippen molar-refractivity contribution >= 4 is 23.5 Å². The summed E-state index contributed by atoms with van der Waals surface area (Å²) in [5, 5.41) is 0.340. The Balaban J connectivity index is 1.97. The normalized spacial score (nSPS) is 6.50. The predicted molar refractivity (Wildman–Crippen MR) is 20.7 cm³/mol. The van der Waals surface area contributed by atoms with E-state index in [2.05, 4.69) is 15.9 Å². The molecule has 0 aromatic rings. The quantitative estimate of drug-likeness (QED) is 0.360. The minimum Gasteiger partial charge on any atom is -0.342 e. The summed E-state index contributed by atoms with van der Waals surface area (Å²) >= 11 is 2.82. The summed E-state index contributed by atoms with van der Waals surface area (Å²) in [6, 6.07) is 0. The van der Waals surface area contributed by atoms with E-state index in [4.69, 9.17) is 0 Å². The molecule has 0 aliphatic carbocycles. The van der Waals surface area contributed by atoms with Crippen molar-refractivity contribution in [2.75, 3.05) is 5.23 Å². The lowest BCUT2D eigenvalue weighted by atomic mass is 10.2. The van der Waals surface area contributed by atoms with Gasteiger partial charge in [0.25, 0.3) is 0 Å². The Morgan fingerprint density at radius 2 is 2.25 bits per heavy atom. The van der Waals surface area contributed by atoms with Crippen LogP contribution in [0.4, 0.5) is 4.32 Å². The fourth-order valence-electron chi connectivity index (χ4n) is 0. The van der Waals surface area contributed by atoms with E-state index in [1.54, 1.807) is 0 Å². The summed E-state index contributed by atoms with van der Waals surface area (Å²) in [5.41, 5.74) is 0. The molecule has 0 aliphatic heterocycles. The van der Waals surface area contributed by atoms with Crippen LogP contribution in [0.2, 0.25) is 0 Å². The van der Waals surface area contributed by atoms with Crippen LogP contribution in [0.15, 0.2) is 0 Å². The van der Waals surface area contributed by atoms with Crippen molar-refractivity contribution in [1.29, 1.82) is 0 Å². The van der Waals surface area contributed by atoms with E-state index in [1.807, 2.05) is 0 Å². The molecule has 23 valence electrons. The average Bonchev–Trinajstić information content (AvgIpc) is 1.37. The van der Waals surface area contributed by atoms with Gasteiger partial charge >= 0.3 is 7.56 Å². The minimum atomic E-state index is 0.340. The molecule has 4 heavy (non-hydrogen) atoms. The summed E-state index contributed by atoms with van der Waals surface area (Å²) in [4.78, 5) is 0. The molecule has 0 unspecified atom stereocenters. The zero-order valence-electron chi connectivity index (χ0n) is 2.04. The van der Waals surface area contributed by atoms with Crippen LogP contribution in [0.5, 0.6) is 0 Å². The maximum atomic E-state index is 10.6. The Morgan fingerprint density at radius 3 is 2.25 bits per heavy atom. The van der Waals surface area contributed by atoms with Crippen LogP contribution in [0, 0.1) is 0 Å². The molecule has 0 heterocycles. The molecule has 1 radical (unpaired) electrons. The second-order valence-electron chi connectivity index (χ2n) is 0.309. The average molecular weight is 124 g/mol. The molecule has 0 spiro atoms. The summed E-state index contributed by atoms with van der Waals surface area (Å²) < 4.78 is 10.6. The number of alkyl halides is 1. The highest BCUT2D eigenvalue weighted by Crippen LogP contribution is 1.71. The summed E-state index contributed by atoms with van der Waals surface area (Å²) in [5.74, 6) is 0. The van der Waals surface area contributed by atoms with E-state index in [-0.39, 0.29) is 0 Å². The molecular formula is CH2BBrF. The van der Waals surface area contributed by atoms with Gasteiger partial charge in [-0.25, -0.2) is 0 Å². The number of halogens is 2. The largest absolute Gasteiger partial charge is 0.365 e. The van der Waals surface area contributed by atoms with Gasteiger partial charge in [0.15, 0.2) is 0 Å². The monoisotopic (exact) mass is 123 g/mol. The van der Waals surface area contributed by atoms with Crippen molar-refractivity contribution in [2.24, 2.45) is 0 Å². The van der Waals surface area contributed by atoms with Gasteiger partial charge in [0, 0.05) is 5.23 Å². The summed E-state index contributed by atoms with van der Waals surface area (Å²) in [7, 11) is 0.542. The van der Waals surface area contributed by atoms with Crippen LogP contribution in [-0.4, -0.2) is 12.8 Å². The molecule has 0 N–H and O–H groups in total. The molecule has 0 fully saturated rings. The highest BCUT2D eigenvalue weighted by Gasteiger charge is 1.72. The summed E-state index contributed by atoms with van der Waals surface area (Å²) in [6.45, 7) is 0. The van der Waals surface area contributed by atoms with E-state index >= 15 is 0 Å². The second kappa shape index (κ2) is 3.47. The molecule has 0 nitrogen and oxygen atoms in total. The Hall–Kier alpha value is 0.475. The molecule has 0 amide bonds. The molecular weight excluding hydrogens is 122 g/mol. The van der Waals surface area contributed by atoms with Crippen molar-refractivity contribution in [3.05, 3.63) is 0 Å². The van der Waals surface area contributed by atoms with E-state index in [0.29, 0.717) is 12.8 Å². The van der Waals surface area contributed by atoms with Crippen molar-refractivity contribution in [1.82, 2.24) is 0 Å². The van der Waals surface area contributed by atoms with Crippen molar-refractivity contribution in [3.63, 3.8) is 0 Å². The molecule has 3 heteroatoms. The van der Waals surface area contributed by atoms with Crippen molar-refractivity contribution < 1.29 is 4.32 Å². The van der Waals surface area contributed by atoms with Crippen molar-refractivity contribution in [3.8, 4) is 0 Å². The van der Waals surface area contributed by atoms with Gasteiger partial charge < -0.3 is 4.32 Å². The molecule has 0 aromatic carbocycles. The third kappa shape index (κ3) is 2.47. The highest BCUT2D eigenvalue weighted by atomic mass is 79.9. The number of hydrogen-bond acceptors (Lipinski definition) is 0. The standard InChI is InChI=1S/CH2BBrF/c3-1-2-4/h1H2. The lowest BCUT2D eigenvalue weighted by molar-refractivity contribution is 0.876. The van der Waals surface area contributed by atoms with Gasteiger partial charge in [-0.2, -0.15) is 0 Å². The first-order valence-electron chi connectivity index (χ1n) is 0.894. The molecule has 0 saturated carbocycles. The third-order valence-electron chi connectivity index (χ3n) is 0.0583. The van der Waals surface area contributed by atoms with Crippen LogP contribution in [0.25, 0.3) is 0 Å². The van der Waals surface area contributed by atoms with Gasteiger partial charge in [-0.15, -0.1) is 0 Å². The molecule has 0 aromatic heterocycles. The number of rotatable bonds is 1. The van der Waals surface area contributed by atoms with Gasteiger partial charge in [-0.1, -0.05) is 15.9 Å². The predicted octanol–water partition coefficient (Wildman–Crippen LogP) is 0.927. The zero-order valence-corrected chi connectivity index (χ0v) is 3.63. The second-order valence-corrected chi connectivity index (χ2v) is 0.956. The van der Waals surface area contributed by atoms with Crippen LogP contribution in [0.3, 0.4) is 0 Å². The molecule has 0 saturated heterocycles. The first kappa shape index (κ1) is 4.47.